The average molecular weight is 384 g/mol. The minimum absolute atomic E-state index is 0.0906. The highest BCUT2D eigenvalue weighted by atomic mass is 35.5. The lowest BCUT2D eigenvalue weighted by atomic mass is 10.1. The van der Waals surface area contributed by atoms with Crippen molar-refractivity contribution >= 4 is 34.2 Å². The van der Waals surface area contributed by atoms with E-state index in [-0.39, 0.29) is 25.7 Å². The Morgan fingerprint density at radius 3 is 2.41 bits per heavy atom. The van der Waals surface area contributed by atoms with Crippen LogP contribution in [0.1, 0.15) is 10.4 Å². The van der Waals surface area contributed by atoms with E-state index in [0.29, 0.717) is 16.3 Å². The highest BCUT2D eigenvalue weighted by molar-refractivity contribution is 6.30. The number of rotatable bonds is 7. The molecule has 0 unspecified atom stereocenters. The van der Waals surface area contributed by atoms with Crippen molar-refractivity contribution < 1.29 is 19.1 Å². The zero-order valence-electron chi connectivity index (χ0n) is 14.5. The Morgan fingerprint density at radius 2 is 1.63 bits per heavy atom. The summed E-state index contributed by atoms with van der Waals surface area (Å²) in [5.74, 6) is -0.209. The Kier molecular flexibility index (Phi) is 6.28. The Bertz CT molecular complexity index is 940. The molecule has 5 nitrogen and oxygen atoms in total. The molecule has 0 atom stereocenters. The molecule has 27 heavy (non-hydrogen) atoms. The van der Waals surface area contributed by atoms with Crippen LogP contribution in [-0.4, -0.2) is 31.6 Å². The third-order valence-corrected chi connectivity index (χ3v) is 4.09. The highest BCUT2D eigenvalue weighted by Gasteiger charge is 2.09. The van der Waals surface area contributed by atoms with Crippen molar-refractivity contribution in [1.82, 2.24) is 5.32 Å². The van der Waals surface area contributed by atoms with Crippen LogP contribution in [-0.2, 0) is 9.53 Å². The molecule has 0 saturated heterocycles. The van der Waals surface area contributed by atoms with E-state index in [0.717, 1.165) is 10.8 Å². The van der Waals surface area contributed by atoms with Crippen LogP contribution < -0.4 is 10.1 Å². The number of fused-ring (bicyclic) bond motifs is 1. The van der Waals surface area contributed by atoms with Gasteiger partial charge in [-0.05, 0) is 47.2 Å². The van der Waals surface area contributed by atoms with Crippen molar-refractivity contribution in [2.45, 2.75) is 0 Å². The van der Waals surface area contributed by atoms with Crippen molar-refractivity contribution in [3.8, 4) is 5.75 Å². The number of nitrogens with one attached hydrogen (secondary N) is 1. The van der Waals surface area contributed by atoms with Crippen LogP contribution >= 0.6 is 11.6 Å². The maximum Gasteiger partial charge on any atom is 0.325 e. The Hall–Kier alpha value is -3.05. The fourth-order valence-electron chi connectivity index (χ4n) is 2.48. The van der Waals surface area contributed by atoms with Crippen LogP contribution in [0.2, 0.25) is 5.02 Å². The molecule has 0 fully saturated rings. The predicted molar refractivity (Wildman–Crippen MR) is 104 cm³/mol. The van der Waals surface area contributed by atoms with Crippen molar-refractivity contribution in [2.24, 2.45) is 0 Å². The smallest absolute Gasteiger partial charge is 0.325 e. The summed E-state index contributed by atoms with van der Waals surface area (Å²) in [6.07, 6.45) is 0. The van der Waals surface area contributed by atoms with Crippen molar-refractivity contribution in [3.63, 3.8) is 0 Å². The lowest BCUT2D eigenvalue weighted by molar-refractivity contribution is -0.143. The van der Waals surface area contributed by atoms with Gasteiger partial charge in [0.05, 0.1) is 0 Å². The van der Waals surface area contributed by atoms with Crippen LogP contribution in [0.15, 0.2) is 66.7 Å². The zero-order chi connectivity index (χ0) is 19.1. The van der Waals surface area contributed by atoms with Gasteiger partial charge in [-0.15, -0.1) is 0 Å². The molecular formula is C21H18ClNO4. The summed E-state index contributed by atoms with van der Waals surface area (Å²) in [7, 11) is 0. The number of halogens is 1. The quantitative estimate of drug-likeness (QED) is 0.497. The number of esters is 1. The number of hydrogen-bond acceptors (Lipinski definition) is 4. The number of ether oxygens (including phenoxy) is 2. The minimum Gasteiger partial charge on any atom is -0.490 e. The van der Waals surface area contributed by atoms with Gasteiger partial charge < -0.3 is 14.8 Å². The summed E-state index contributed by atoms with van der Waals surface area (Å²) in [5.41, 5.74) is 0.493. The first-order valence-electron chi connectivity index (χ1n) is 8.43. The summed E-state index contributed by atoms with van der Waals surface area (Å²) in [5, 5.41) is 5.20. The summed E-state index contributed by atoms with van der Waals surface area (Å²) in [4.78, 5) is 23.9. The standard InChI is InChI=1S/C21H18ClNO4/c22-18-7-9-19(10-8-18)26-11-12-27-20(24)14-23-21(25)17-6-5-15-3-1-2-4-16(15)13-17/h1-10,13H,11-12,14H2,(H,23,25). The van der Waals surface area contributed by atoms with Gasteiger partial charge in [0.25, 0.3) is 5.91 Å². The zero-order valence-corrected chi connectivity index (χ0v) is 15.2. The molecule has 138 valence electrons. The fourth-order valence-corrected chi connectivity index (χ4v) is 2.61. The summed E-state index contributed by atoms with van der Waals surface area (Å²) < 4.78 is 10.5. The van der Waals surface area contributed by atoms with Crippen LogP contribution in [0.5, 0.6) is 5.75 Å². The Labute approximate surface area is 161 Å². The fraction of sp³-hybridized carbons (Fsp3) is 0.143. The van der Waals surface area contributed by atoms with Gasteiger partial charge in [0.15, 0.2) is 0 Å². The number of hydrogen-bond donors (Lipinski definition) is 1. The van der Waals surface area contributed by atoms with E-state index >= 15 is 0 Å². The topological polar surface area (TPSA) is 64.6 Å². The van der Waals surface area contributed by atoms with E-state index in [1.54, 1.807) is 36.4 Å². The van der Waals surface area contributed by atoms with Crippen LogP contribution in [0, 0.1) is 0 Å². The third kappa shape index (κ3) is 5.46. The number of amides is 1. The minimum atomic E-state index is -0.524. The van der Waals surface area contributed by atoms with Crippen molar-refractivity contribution in [3.05, 3.63) is 77.3 Å². The molecule has 3 aromatic rings. The lowest BCUT2D eigenvalue weighted by Crippen LogP contribution is -2.31. The molecule has 0 aliphatic rings. The second-order valence-electron chi connectivity index (χ2n) is 5.77. The average Bonchev–Trinajstić information content (AvgIpc) is 2.70. The van der Waals surface area contributed by atoms with Gasteiger partial charge in [-0.3, -0.25) is 9.59 Å². The van der Waals surface area contributed by atoms with E-state index in [9.17, 15) is 9.59 Å². The van der Waals surface area contributed by atoms with Crippen LogP contribution in [0.4, 0.5) is 0 Å². The molecule has 3 rings (SSSR count). The molecular weight excluding hydrogens is 366 g/mol. The van der Waals surface area contributed by atoms with Gasteiger partial charge in [-0.2, -0.15) is 0 Å². The molecule has 0 aliphatic carbocycles. The number of carbonyl (C=O) groups excluding carboxylic acids is 2. The second-order valence-corrected chi connectivity index (χ2v) is 6.20. The van der Waals surface area contributed by atoms with E-state index in [1.807, 2.05) is 30.3 Å². The molecule has 0 saturated carbocycles. The highest BCUT2D eigenvalue weighted by Crippen LogP contribution is 2.16. The Morgan fingerprint density at radius 1 is 0.889 bits per heavy atom. The lowest BCUT2D eigenvalue weighted by Gasteiger charge is -2.09. The van der Waals surface area contributed by atoms with E-state index < -0.39 is 5.97 Å². The maximum atomic E-state index is 12.2. The second kappa shape index (κ2) is 9.05. The number of carbonyl (C=O) groups is 2. The largest absolute Gasteiger partial charge is 0.490 e. The van der Waals surface area contributed by atoms with E-state index in [2.05, 4.69) is 5.32 Å². The molecule has 0 spiro atoms. The summed E-state index contributed by atoms with van der Waals surface area (Å²) in [6, 6.07) is 20.0. The van der Waals surface area contributed by atoms with Gasteiger partial charge in [-0.25, -0.2) is 0 Å². The van der Waals surface area contributed by atoms with Gasteiger partial charge in [0.1, 0.15) is 25.5 Å². The molecule has 0 radical (unpaired) electrons. The van der Waals surface area contributed by atoms with Gasteiger partial charge in [0.2, 0.25) is 0 Å². The molecule has 3 aromatic carbocycles. The van der Waals surface area contributed by atoms with E-state index in [1.165, 1.54) is 0 Å². The molecule has 0 aliphatic heterocycles. The monoisotopic (exact) mass is 383 g/mol. The third-order valence-electron chi connectivity index (χ3n) is 3.83. The van der Waals surface area contributed by atoms with Gasteiger partial charge in [0, 0.05) is 10.6 Å². The first-order valence-corrected chi connectivity index (χ1v) is 8.80. The summed E-state index contributed by atoms with van der Waals surface area (Å²) >= 11 is 5.79. The normalized spacial score (nSPS) is 10.4. The first kappa shape index (κ1) is 18.7. The van der Waals surface area contributed by atoms with Crippen molar-refractivity contribution in [1.29, 1.82) is 0 Å². The molecule has 0 bridgehead atoms. The van der Waals surface area contributed by atoms with E-state index in [4.69, 9.17) is 21.1 Å². The van der Waals surface area contributed by atoms with Crippen molar-refractivity contribution in [2.75, 3.05) is 19.8 Å². The number of benzene rings is 3. The SMILES string of the molecule is O=C(CNC(=O)c1ccc2ccccc2c1)OCCOc1ccc(Cl)cc1. The van der Waals surface area contributed by atoms with Crippen LogP contribution in [0.3, 0.4) is 0 Å². The molecule has 6 heteroatoms. The molecule has 0 heterocycles. The first-order chi connectivity index (χ1) is 13.1. The molecule has 1 N–H and O–H groups in total. The van der Waals surface area contributed by atoms with Crippen LogP contribution in [0.25, 0.3) is 10.8 Å². The maximum absolute atomic E-state index is 12.2. The molecule has 0 aromatic heterocycles. The predicted octanol–water partition coefficient (Wildman–Crippen LogP) is 3.85. The van der Waals surface area contributed by atoms with Gasteiger partial charge >= 0.3 is 5.97 Å². The Balaban J connectivity index is 1.40. The van der Waals surface area contributed by atoms with Gasteiger partial charge in [-0.1, -0.05) is 41.9 Å². The molecule has 1 amide bonds. The summed E-state index contributed by atoms with van der Waals surface area (Å²) in [6.45, 7) is 0.103.